The Hall–Kier alpha value is -1.65. The fourth-order valence-corrected chi connectivity index (χ4v) is 3.20. The van der Waals surface area contributed by atoms with Gasteiger partial charge in [0, 0.05) is 13.0 Å². The molecule has 0 bridgehead atoms. The van der Waals surface area contributed by atoms with Gasteiger partial charge in [-0.1, -0.05) is 23.8 Å². The third-order valence-corrected chi connectivity index (χ3v) is 5.02. The number of hydrogen-bond donors (Lipinski definition) is 0. The Morgan fingerprint density at radius 1 is 1.28 bits per heavy atom. The molecule has 0 aromatic heterocycles. The molecule has 0 N–H and O–H groups in total. The van der Waals surface area contributed by atoms with Crippen LogP contribution in [0.1, 0.15) is 24.8 Å². The van der Waals surface area contributed by atoms with E-state index in [4.69, 9.17) is 20.1 Å². The van der Waals surface area contributed by atoms with Gasteiger partial charge in [-0.15, -0.1) is 18.9 Å². The first kappa shape index (κ1) is 21.4. The first-order valence-electron chi connectivity index (χ1n) is 8.08. The zero-order valence-corrected chi connectivity index (χ0v) is 15.6. The summed E-state index contributed by atoms with van der Waals surface area (Å²) in [7, 11) is -2.28. The molecule has 0 aliphatic rings. The van der Waals surface area contributed by atoms with Gasteiger partial charge in [0.05, 0.1) is 17.6 Å². The first-order valence-corrected chi connectivity index (χ1v) is 9.49. The van der Waals surface area contributed by atoms with Crippen molar-refractivity contribution in [1.82, 2.24) is 0 Å². The van der Waals surface area contributed by atoms with Crippen molar-refractivity contribution in [3.05, 3.63) is 42.5 Å². The predicted molar refractivity (Wildman–Crippen MR) is 97.4 cm³/mol. The van der Waals surface area contributed by atoms with Crippen molar-refractivity contribution in [2.75, 3.05) is 20.5 Å². The SMILES string of the molecule is C#C[C@H](CCC=C)[C@H](CCOS(=O)(=O)c1ccc(C)cc1)OCOC. The summed E-state index contributed by atoms with van der Waals surface area (Å²) in [6.45, 7) is 5.64. The van der Waals surface area contributed by atoms with Gasteiger partial charge < -0.3 is 9.47 Å². The first-order chi connectivity index (χ1) is 11.9. The fraction of sp³-hybridized carbons (Fsp3) is 0.474. The molecule has 1 aromatic rings. The van der Waals surface area contributed by atoms with E-state index >= 15 is 0 Å². The van der Waals surface area contributed by atoms with Gasteiger partial charge in [0.1, 0.15) is 6.79 Å². The molecule has 2 atom stereocenters. The fourth-order valence-electron chi connectivity index (χ4n) is 2.28. The van der Waals surface area contributed by atoms with Gasteiger partial charge in [0.25, 0.3) is 10.1 Å². The lowest BCUT2D eigenvalue weighted by atomic mass is 9.95. The topological polar surface area (TPSA) is 61.8 Å². The lowest BCUT2D eigenvalue weighted by Crippen LogP contribution is -2.26. The van der Waals surface area contributed by atoms with Gasteiger partial charge in [0.15, 0.2) is 0 Å². The van der Waals surface area contributed by atoms with Crippen LogP contribution in [-0.4, -0.2) is 35.0 Å². The van der Waals surface area contributed by atoms with Crippen molar-refractivity contribution in [1.29, 1.82) is 0 Å². The van der Waals surface area contributed by atoms with Crippen molar-refractivity contribution >= 4 is 10.1 Å². The molecule has 0 aliphatic heterocycles. The van der Waals surface area contributed by atoms with Crippen LogP contribution in [0.15, 0.2) is 41.8 Å². The molecule has 0 heterocycles. The lowest BCUT2D eigenvalue weighted by molar-refractivity contribution is -0.0895. The molecule has 0 aliphatic carbocycles. The molecule has 0 spiro atoms. The van der Waals surface area contributed by atoms with Gasteiger partial charge in [0.2, 0.25) is 0 Å². The minimum atomic E-state index is -3.80. The summed E-state index contributed by atoms with van der Waals surface area (Å²) in [4.78, 5) is 0.132. The van der Waals surface area contributed by atoms with Crippen molar-refractivity contribution in [2.45, 2.75) is 37.2 Å². The molecule has 0 fully saturated rings. The number of allylic oxidation sites excluding steroid dienone is 1. The predicted octanol–water partition coefficient (Wildman–Crippen LogP) is 3.30. The highest BCUT2D eigenvalue weighted by Gasteiger charge is 2.22. The van der Waals surface area contributed by atoms with Crippen molar-refractivity contribution in [2.24, 2.45) is 5.92 Å². The van der Waals surface area contributed by atoms with Crippen LogP contribution in [0.2, 0.25) is 0 Å². The second kappa shape index (κ2) is 11.1. The molecular formula is C19H26O5S. The summed E-state index contributed by atoms with van der Waals surface area (Å²) in [5.41, 5.74) is 0.978. The van der Waals surface area contributed by atoms with E-state index in [9.17, 15) is 8.42 Å². The van der Waals surface area contributed by atoms with Crippen LogP contribution in [0.3, 0.4) is 0 Å². The Balaban J connectivity index is 2.67. The zero-order chi connectivity index (χ0) is 18.7. The third kappa shape index (κ3) is 7.41. The van der Waals surface area contributed by atoms with Crippen LogP contribution in [0.5, 0.6) is 0 Å². The van der Waals surface area contributed by atoms with Gasteiger partial charge in [-0.25, -0.2) is 0 Å². The van der Waals surface area contributed by atoms with Crippen LogP contribution in [0, 0.1) is 25.2 Å². The summed E-state index contributed by atoms with van der Waals surface area (Å²) in [5, 5.41) is 0. The van der Waals surface area contributed by atoms with E-state index in [-0.39, 0.29) is 30.3 Å². The zero-order valence-electron chi connectivity index (χ0n) is 14.8. The average molecular weight is 366 g/mol. The monoisotopic (exact) mass is 366 g/mol. The molecule has 1 aromatic carbocycles. The Labute approximate surface area is 151 Å². The molecule has 0 saturated heterocycles. The Morgan fingerprint density at radius 3 is 2.52 bits per heavy atom. The highest BCUT2D eigenvalue weighted by Crippen LogP contribution is 2.19. The maximum absolute atomic E-state index is 12.2. The number of aryl methyl sites for hydroxylation is 1. The van der Waals surface area contributed by atoms with Crippen molar-refractivity contribution < 1.29 is 22.1 Å². The van der Waals surface area contributed by atoms with E-state index in [0.29, 0.717) is 12.8 Å². The van der Waals surface area contributed by atoms with Gasteiger partial charge >= 0.3 is 0 Å². The van der Waals surface area contributed by atoms with E-state index in [1.54, 1.807) is 18.2 Å². The van der Waals surface area contributed by atoms with Crippen molar-refractivity contribution in [3.63, 3.8) is 0 Å². The smallest absolute Gasteiger partial charge is 0.296 e. The van der Waals surface area contributed by atoms with Gasteiger partial charge in [-0.05, 0) is 38.3 Å². The molecule has 1 rings (SSSR count). The van der Waals surface area contributed by atoms with E-state index in [0.717, 1.165) is 12.0 Å². The van der Waals surface area contributed by atoms with Gasteiger partial charge in [-0.2, -0.15) is 8.42 Å². The summed E-state index contributed by atoms with van der Waals surface area (Å²) in [6, 6.07) is 6.50. The highest BCUT2D eigenvalue weighted by atomic mass is 32.2. The van der Waals surface area contributed by atoms with Crippen LogP contribution >= 0.6 is 0 Å². The second-order valence-electron chi connectivity index (χ2n) is 5.63. The lowest BCUT2D eigenvalue weighted by Gasteiger charge is -2.23. The van der Waals surface area contributed by atoms with Crippen LogP contribution < -0.4 is 0 Å². The van der Waals surface area contributed by atoms with Crippen molar-refractivity contribution in [3.8, 4) is 12.3 Å². The normalized spacial score (nSPS) is 13.8. The average Bonchev–Trinajstić information content (AvgIpc) is 2.59. The molecule has 138 valence electrons. The summed E-state index contributed by atoms with van der Waals surface area (Å²) >= 11 is 0. The Bertz CT molecular complexity index is 658. The Morgan fingerprint density at radius 2 is 1.96 bits per heavy atom. The number of ether oxygens (including phenoxy) is 2. The molecule has 0 radical (unpaired) electrons. The Kier molecular flexibility index (Phi) is 9.46. The molecule has 0 amide bonds. The summed E-state index contributed by atoms with van der Waals surface area (Å²) in [6.07, 6.45) is 8.83. The highest BCUT2D eigenvalue weighted by molar-refractivity contribution is 7.86. The van der Waals surface area contributed by atoms with Gasteiger partial charge in [-0.3, -0.25) is 4.18 Å². The molecular weight excluding hydrogens is 340 g/mol. The number of rotatable bonds is 12. The maximum atomic E-state index is 12.2. The number of terminal acetylenes is 1. The molecule has 0 saturated carbocycles. The summed E-state index contributed by atoms with van der Waals surface area (Å²) in [5.74, 6) is 2.53. The van der Waals surface area contributed by atoms with E-state index in [1.807, 2.05) is 6.92 Å². The standard InChI is InChI=1S/C19H26O5S/c1-5-7-8-17(6-2)19(23-15-22-4)13-14-24-25(20,21)18-11-9-16(3)10-12-18/h2,5,9-12,17,19H,1,7-8,13-15H2,3-4H3/t17-,19+/m1/s1. The minimum Gasteiger partial charge on any atom is -0.359 e. The molecule has 6 heteroatoms. The van der Waals surface area contributed by atoms with Crippen LogP contribution in [-0.2, 0) is 23.8 Å². The molecule has 0 unspecified atom stereocenters. The summed E-state index contributed by atoms with van der Waals surface area (Å²) < 4.78 is 40.1. The third-order valence-electron chi connectivity index (χ3n) is 3.70. The minimum absolute atomic E-state index is 0.0170. The van der Waals surface area contributed by atoms with Crippen LogP contribution in [0.4, 0.5) is 0 Å². The maximum Gasteiger partial charge on any atom is 0.296 e. The second-order valence-corrected chi connectivity index (χ2v) is 7.24. The number of methoxy groups -OCH3 is 1. The molecule has 5 nitrogen and oxygen atoms in total. The number of benzene rings is 1. The number of hydrogen-bond acceptors (Lipinski definition) is 5. The van der Waals surface area contributed by atoms with E-state index in [2.05, 4.69) is 12.5 Å². The van der Waals surface area contributed by atoms with E-state index in [1.165, 1.54) is 19.2 Å². The van der Waals surface area contributed by atoms with E-state index < -0.39 is 10.1 Å². The van der Waals surface area contributed by atoms with Crippen LogP contribution in [0.25, 0.3) is 0 Å². The quantitative estimate of drug-likeness (QED) is 0.246. The molecule has 25 heavy (non-hydrogen) atoms. The largest absolute Gasteiger partial charge is 0.359 e.